The van der Waals surface area contributed by atoms with E-state index in [4.69, 9.17) is 4.74 Å². The van der Waals surface area contributed by atoms with Crippen LogP contribution in [0.25, 0.3) is 0 Å². The Balaban J connectivity index is 1.42. The van der Waals surface area contributed by atoms with Gasteiger partial charge in [0.25, 0.3) is 11.8 Å². The molecule has 1 aromatic heterocycles. The van der Waals surface area contributed by atoms with E-state index in [0.717, 1.165) is 5.56 Å². The van der Waals surface area contributed by atoms with Crippen molar-refractivity contribution in [3.05, 3.63) is 71.8 Å². The Morgan fingerprint density at radius 3 is 2.65 bits per heavy atom. The Morgan fingerprint density at radius 1 is 1.03 bits per heavy atom. The number of nitrogens with zero attached hydrogens (tertiary/aromatic N) is 5. The number of aromatic nitrogens is 3. The number of anilines is 1. The minimum Gasteiger partial charge on any atom is -0.489 e. The quantitative estimate of drug-likeness (QED) is 0.652. The molecule has 0 saturated carbocycles. The summed E-state index contributed by atoms with van der Waals surface area (Å²) < 4.78 is 7.59. The zero-order valence-electron chi connectivity index (χ0n) is 17.3. The van der Waals surface area contributed by atoms with Gasteiger partial charge in [-0.2, -0.15) is 5.10 Å². The van der Waals surface area contributed by atoms with Crippen molar-refractivity contribution in [2.45, 2.75) is 25.4 Å². The second-order valence-corrected chi connectivity index (χ2v) is 7.78. The molecule has 1 atom stereocenters. The zero-order valence-corrected chi connectivity index (χ0v) is 17.3. The summed E-state index contributed by atoms with van der Waals surface area (Å²) in [6.45, 7) is 1.13. The highest BCUT2D eigenvalue weighted by Crippen LogP contribution is 2.31. The Labute approximate surface area is 180 Å². The van der Waals surface area contributed by atoms with Gasteiger partial charge in [-0.05, 0) is 24.1 Å². The van der Waals surface area contributed by atoms with Gasteiger partial charge >= 0.3 is 0 Å². The predicted molar refractivity (Wildman–Crippen MR) is 114 cm³/mol. The lowest BCUT2D eigenvalue weighted by Gasteiger charge is -2.29. The van der Waals surface area contributed by atoms with Gasteiger partial charge in [0.1, 0.15) is 18.4 Å². The van der Waals surface area contributed by atoms with Crippen molar-refractivity contribution in [2.75, 3.05) is 25.1 Å². The van der Waals surface area contributed by atoms with E-state index in [0.29, 0.717) is 43.2 Å². The Bertz CT molecular complexity index is 1130. The highest BCUT2D eigenvalue weighted by molar-refractivity contribution is 6.02. The minimum atomic E-state index is -0.717. The van der Waals surface area contributed by atoms with Gasteiger partial charge in [0.05, 0.1) is 5.69 Å². The molecule has 0 fully saturated rings. The molecule has 3 heterocycles. The summed E-state index contributed by atoms with van der Waals surface area (Å²) in [6, 6.07) is 16.6. The van der Waals surface area contributed by atoms with Crippen molar-refractivity contribution in [2.24, 2.45) is 0 Å². The molecule has 8 nitrogen and oxygen atoms in total. The van der Waals surface area contributed by atoms with E-state index in [2.05, 4.69) is 10.1 Å². The lowest BCUT2D eigenvalue weighted by Crippen LogP contribution is -2.52. The van der Waals surface area contributed by atoms with E-state index < -0.39 is 6.04 Å². The van der Waals surface area contributed by atoms with Crippen LogP contribution in [0.3, 0.4) is 0 Å². The van der Waals surface area contributed by atoms with Crippen LogP contribution in [0.4, 0.5) is 5.69 Å². The van der Waals surface area contributed by atoms with Crippen LogP contribution >= 0.6 is 0 Å². The Hall–Kier alpha value is -3.68. The summed E-state index contributed by atoms with van der Waals surface area (Å²) >= 11 is 0. The summed E-state index contributed by atoms with van der Waals surface area (Å²) in [5.74, 6) is 1.06. The summed E-state index contributed by atoms with van der Waals surface area (Å²) in [6.07, 6.45) is 1.24. The van der Waals surface area contributed by atoms with Gasteiger partial charge in [0, 0.05) is 26.6 Å². The second kappa shape index (κ2) is 7.86. The van der Waals surface area contributed by atoms with Crippen molar-refractivity contribution in [1.82, 2.24) is 19.7 Å². The van der Waals surface area contributed by atoms with Crippen LogP contribution in [-0.2, 0) is 17.8 Å². The number of amides is 2. The Morgan fingerprint density at radius 2 is 1.81 bits per heavy atom. The van der Waals surface area contributed by atoms with E-state index >= 15 is 0 Å². The fourth-order valence-corrected chi connectivity index (χ4v) is 4.14. The third-order valence-corrected chi connectivity index (χ3v) is 5.76. The number of likely N-dealkylation sites (N-methyl/N-ethyl adjacent to an activating group) is 1. The molecule has 0 spiro atoms. The van der Waals surface area contributed by atoms with Gasteiger partial charge < -0.3 is 14.5 Å². The first kappa shape index (κ1) is 19.3. The maximum absolute atomic E-state index is 13.4. The molecule has 2 aromatic carbocycles. The molecular weight excluding hydrogens is 394 g/mol. The number of para-hydroxylation sites is 2. The molecule has 5 rings (SSSR count). The van der Waals surface area contributed by atoms with E-state index in [1.165, 1.54) is 0 Å². The largest absolute Gasteiger partial charge is 0.489 e. The summed E-state index contributed by atoms with van der Waals surface area (Å²) in [4.78, 5) is 34.3. The van der Waals surface area contributed by atoms with E-state index in [-0.39, 0.29) is 24.2 Å². The summed E-state index contributed by atoms with van der Waals surface area (Å²) in [5, 5.41) is 4.55. The second-order valence-electron chi connectivity index (χ2n) is 7.78. The third kappa shape index (κ3) is 3.54. The summed E-state index contributed by atoms with van der Waals surface area (Å²) in [7, 11) is 1.71. The molecule has 0 aliphatic carbocycles. The highest BCUT2D eigenvalue weighted by atomic mass is 16.5. The molecule has 0 saturated heterocycles. The molecule has 158 valence electrons. The molecule has 31 heavy (non-hydrogen) atoms. The smallest absolute Gasteiger partial charge is 0.292 e. The average Bonchev–Trinajstić information content (AvgIpc) is 3.07. The molecule has 2 aliphatic heterocycles. The van der Waals surface area contributed by atoms with Gasteiger partial charge in [0.15, 0.2) is 5.82 Å². The fraction of sp³-hybridized carbons (Fsp3) is 0.304. The van der Waals surface area contributed by atoms with Crippen molar-refractivity contribution < 1.29 is 14.3 Å². The van der Waals surface area contributed by atoms with Crippen LogP contribution in [0.2, 0.25) is 0 Å². The van der Waals surface area contributed by atoms with Gasteiger partial charge in [-0.15, -0.1) is 0 Å². The SMILES string of the molecule is CN1C(=O)[C@@H](N2CCCn3nc(Cc4ccccc4)nc3C2=O)COc2ccccc21. The first-order valence-electron chi connectivity index (χ1n) is 10.4. The van der Waals surface area contributed by atoms with Crippen LogP contribution in [0.1, 0.15) is 28.4 Å². The van der Waals surface area contributed by atoms with Crippen LogP contribution in [0.5, 0.6) is 5.75 Å². The maximum atomic E-state index is 13.4. The third-order valence-electron chi connectivity index (χ3n) is 5.76. The van der Waals surface area contributed by atoms with Gasteiger partial charge in [-0.3, -0.25) is 9.59 Å². The molecule has 0 unspecified atom stereocenters. The monoisotopic (exact) mass is 417 g/mol. The minimum absolute atomic E-state index is 0.108. The maximum Gasteiger partial charge on any atom is 0.292 e. The number of hydrogen-bond donors (Lipinski definition) is 0. The van der Waals surface area contributed by atoms with Crippen LogP contribution < -0.4 is 9.64 Å². The summed E-state index contributed by atoms with van der Waals surface area (Å²) in [5.41, 5.74) is 1.78. The average molecular weight is 417 g/mol. The van der Waals surface area contributed by atoms with Gasteiger partial charge in [0.2, 0.25) is 5.82 Å². The number of hydrogen-bond acceptors (Lipinski definition) is 5. The molecule has 8 heteroatoms. The topological polar surface area (TPSA) is 80.6 Å². The van der Waals surface area contributed by atoms with Crippen molar-refractivity contribution in [1.29, 1.82) is 0 Å². The number of carbonyl (C=O) groups is 2. The normalized spacial score (nSPS) is 18.7. The lowest BCUT2D eigenvalue weighted by molar-refractivity contribution is -0.123. The number of ether oxygens (including phenoxy) is 1. The molecule has 3 aromatic rings. The van der Waals surface area contributed by atoms with Crippen molar-refractivity contribution in [3.63, 3.8) is 0 Å². The fourth-order valence-electron chi connectivity index (χ4n) is 4.14. The molecule has 0 radical (unpaired) electrons. The predicted octanol–water partition coefficient (Wildman–Crippen LogP) is 2.14. The number of fused-ring (bicyclic) bond motifs is 2. The highest BCUT2D eigenvalue weighted by Gasteiger charge is 2.39. The Kier molecular flexibility index (Phi) is 4.89. The van der Waals surface area contributed by atoms with Gasteiger partial charge in [-0.25, -0.2) is 9.67 Å². The number of rotatable bonds is 3. The van der Waals surface area contributed by atoms with Gasteiger partial charge in [-0.1, -0.05) is 42.5 Å². The van der Waals surface area contributed by atoms with Crippen LogP contribution in [-0.4, -0.2) is 57.7 Å². The molecule has 2 aliphatic rings. The van der Waals surface area contributed by atoms with E-state index in [1.807, 2.05) is 54.6 Å². The van der Waals surface area contributed by atoms with Crippen molar-refractivity contribution in [3.8, 4) is 5.75 Å². The van der Waals surface area contributed by atoms with Crippen molar-refractivity contribution >= 4 is 17.5 Å². The van der Waals surface area contributed by atoms with Crippen LogP contribution in [0, 0.1) is 0 Å². The van der Waals surface area contributed by atoms with E-state index in [1.54, 1.807) is 21.5 Å². The van der Waals surface area contributed by atoms with E-state index in [9.17, 15) is 9.59 Å². The first-order chi connectivity index (χ1) is 15.1. The molecule has 2 amide bonds. The zero-order chi connectivity index (χ0) is 21.4. The molecule has 0 bridgehead atoms. The molecule has 0 N–H and O–H groups in total. The standard InChI is InChI=1S/C23H23N5O3/c1-26-17-10-5-6-11-19(17)31-15-18(22(26)29)27-12-7-13-28-21(23(27)30)24-20(25-28)14-16-8-3-2-4-9-16/h2-6,8-11,18H,7,12-15H2,1H3/t18-/m0/s1. The molecular formula is C23H23N5O3. The first-order valence-corrected chi connectivity index (χ1v) is 10.4. The number of benzene rings is 2. The number of carbonyl (C=O) groups excluding carboxylic acids is 2. The number of aryl methyl sites for hydroxylation is 1. The van der Waals surface area contributed by atoms with Crippen LogP contribution in [0.15, 0.2) is 54.6 Å². The lowest BCUT2D eigenvalue weighted by atomic mass is 10.1.